The highest BCUT2D eigenvalue weighted by Gasteiger charge is 2.52. The lowest BCUT2D eigenvalue weighted by Gasteiger charge is -2.11. The first-order chi connectivity index (χ1) is 4.45. The average Bonchev–Trinajstić information content (AvgIpc) is 2.38. The van der Waals surface area contributed by atoms with Gasteiger partial charge in [0.05, 0.1) is 11.7 Å². The first-order valence-corrected chi connectivity index (χ1v) is 3.81. The van der Waals surface area contributed by atoms with Crippen LogP contribution in [0.25, 0.3) is 0 Å². The van der Waals surface area contributed by atoms with Crippen molar-refractivity contribution in [2.75, 3.05) is 0 Å². The maximum absolute atomic E-state index is 9.48. The van der Waals surface area contributed by atoms with E-state index in [-0.39, 0.29) is 17.8 Å². The van der Waals surface area contributed by atoms with E-state index in [1.807, 2.05) is 27.7 Å². The van der Waals surface area contributed by atoms with Crippen molar-refractivity contribution < 1.29 is 9.84 Å². The van der Waals surface area contributed by atoms with Crippen LogP contribution in [0.2, 0.25) is 0 Å². The van der Waals surface area contributed by atoms with Crippen LogP contribution in [-0.2, 0) is 4.74 Å². The fraction of sp³-hybridized carbons (Fsp3) is 1.00. The SMILES string of the molecule is CC(C)[C@H](O)C1OC1(C)C. The summed E-state index contributed by atoms with van der Waals surface area (Å²) in [4.78, 5) is 0. The lowest BCUT2D eigenvalue weighted by Crippen LogP contribution is -2.25. The monoisotopic (exact) mass is 144 g/mol. The van der Waals surface area contributed by atoms with Gasteiger partial charge in [-0.3, -0.25) is 0 Å². The number of aliphatic hydroxyl groups excluding tert-OH is 1. The van der Waals surface area contributed by atoms with Gasteiger partial charge in [-0.1, -0.05) is 13.8 Å². The molecular formula is C8H16O2. The van der Waals surface area contributed by atoms with E-state index in [4.69, 9.17) is 4.74 Å². The Balaban J connectivity index is 2.40. The molecule has 0 aromatic carbocycles. The number of hydrogen-bond donors (Lipinski definition) is 1. The molecule has 0 aromatic heterocycles. The Hall–Kier alpha value is -0.0800. The Morgan fingerprint density at radius 1 is 1.40 bits per heavy atom. The van der Waals surface area contributed by atoms with Gasteiger partial charge < -0.3 is 9.84 Å². The van der Waals surface area contributed by atoms with Crippen LogP contribution in [0.15, 0.2) is 0 Å². The fourth-order valence-corrected chi connectivity index (χ4v) is 1.12. The summed E-state index contributed by atoms with van der Waals surface area (Å²) in [6.45, 7) is 8.01. The Morgan fingerprint density at radius 3 is 1.90 bits per heavy atom. The molecule has 0 saturated carbocycles. The summed E-state index contributed by atoms with van der Waals surface area (Å²) in [5.74, 6) is 0.298. The summed E-state index contributed by atoms with van der Waals surface area (Å²) in [6, 6.07) is 0. The zero-order valence-electron chi connectivity index (χ0n) is 7.09. The molecule has 1 fully saturated rings. The Morgan fingerprint density at radius 2 is 1.80 bits per heavy atom. The fourth-order valence-electron chi connectivity index (χ4n) is 1.12. The molecular weight excluding hydrogens is 128 g/mol. The van der Waals surface area contributed by atoms with Gasteiger partial charge in [0.1, 0.15) is 6.10 Å². The van der Waals surface area contributed by atoms with Gasteiger partial charge in [-0.2, -0.15) is 0 Å². The van der Waals surface area contributed by atoms with Gasteiger partial charge >= 0.3 is 0 Å². The topological polar surface area (TPSA) is 32.8 Å². The van der Waals surface area contributed by atoms with Crippen molar-refractivity contribution in [3.63, 3.8) is 0 Å². The normalized spacial score (nSPS) is 32.4. The molecule has 2 nitrogen and oxygen atoms in total. The van der Waals surface area contributed by atoms with Gasteiger partial charge in [-0.15, -0.1) is 0 Å². The van der Waals surface area contributed by atoms with E-state index in [1.165, 1.54) is 0 Å². The smallest absolute Gasteiger partial charge is 0.113 e. The third-order valence-corrected chi connectivity index (χ3v) is 2.05. The molecule has 1 saturated heterocycles. The zero-order chi connectivity index (χ0) is 7.94. The van der Waals surface area contributed by atoms with Crippen LogP contribution in [0.4, 0.5) is 0 Å². The first-order valence-electron chi connectivity index (χ1n) is 3.81. The standard InChI is InChI=1S/C8H16O2/c1-5(2)6(9)7-8(3,4)10-7/h5-7,9H,1-4H3/t6-,7?/m0/s1. The van der Waals surface area contributed by atoms with Crippen molar-refractivity contribution in [3.05, 3.63) is 0 Å². The van der Waals surface area contributed by atoms with E-state index >= 15 is 0 Å². The molecule has 1 heterocycles. The van der Waals surface area contributed by atoms with Crippen molar-refractivity contribution in [1.82, 2.24) is 0 Å². The summed E-state index contributed by atoms with van der Waals surface area (Å²) >= 11 is 0. The molecule has 0 aromatic rings. The van der Waals surface area contributed by atoms with Gasteiger partial charge in [0.2, 0.25) is 0 Å². The Kier molecular flexibility index (Phi) is 1.77. The van der Waals surface area contributed by atoms with Crippen LogP contribution in [0.3, 0.4) is 0 Å². The Bertz CT molecular complexity index is 129. The van der Waals surface area contributed by atoms with Crippen LogP contribution in [-0.4, -0.2) is 22.9 Å². The molecule has 1 rings (SSSR count). The van der Waals surface area contributed by atoms with Crippen molar-refractivity contribution in [2.45, 2.75) is 45.5 Å². The van der Waals surface area contributed by atoms with Crippen molar-refractivity contribution in [2.24, 2.45) is 5.92 Å². The van der Waals surface area contributed by atoms with Gasteiger partial charge in [0.25, 0.3) is 0 Å². The quantitative estimate of drug-likeness (QED) is 0.590. The average molecular weight is 144 g/mol. The summed E-state index contributed by atoms with van der Waals surface area (Å²) in [5, 5.41) is 9.48. The highest BCUT2D eigenvalue weighted by atomic mass is 16.6. The highest BCUT2D eigenvalue weighted by Crippen LogP contribution is 2.39. The molecule has 0 aliphatic carbocycles. The summed E-state index contributed by atoms with van der Waals surface area (Å²) in [5.41, 5.74) is -0.0797. The third-order valence-electron chi connectivity index (χ3n) is 2.05. The highest BCUT2D eigenvalue weighted by molar-refractivity contribution is 4.99. The zero-order valence-corrected chi connectivity index (χ0v) is 7.09. The van der Waals surface area contributed by atoms with Crippen molar-refractivity contribution in [3.8, 4) is 0 Å². The largest absolute Gasteiger partial charge is 0.390 e. The second-order valence-corrected chi connectivity index (χ2v) is 3.88. The van der Waals surface area contributed by atoms with Crippen LogP contribution >= 0.6 is 0 Å². The number of hydrogen-bond acceptors (Lipinski definition) is 2. The second-order valence-electron chi connectivity index (χ2n) is 3.88. The number of epoxide rings is 1. The van der Waals surface area contributed by atoms with Crippen LogP contribution in [0.1, 0.15) is 27.7 Å². The summed E-state index contributed by atoms with van der Waals surface area (Å²) in [6.07, 6.45) is -0.234. The third kappa shape index (κ3) is 1.32. The minimum Gasteiger partial charge on any atom is -0.390 e. The van der Waals surface area contributed by atoms with Gasteiger partial charge in [0, 0.05) is 0 Å². The van der Waals surface area contributed by atoms with Gasteiger partial charge in [-0.05, 0) is 19.8 Å². The molecule has 1 aliphatic rings. The van der Waals surface area contributed by atoms with Gasteiger partial charge in [0.15, 0.2) is 0 Å². The Labute approximate surface area is 62.2 Å². The molecule has 0 radical (unpaired) electrons. The van der Waals surface area contributed by atoms with E-state index in [0.29, 0.717) is 5.92 Å². The van der Waals surface area contributed by atoms with Crippen LogP contribution in [0.5, 0.6) is 0 Å². The number of ether oxygens (including phenoxy) is 1. The van der Waals surface area contributed by atoms with E-state index < -0.39 is 0 Å². The maximum atomic E-state index is 9.48. The second kappa shape index (κ2) is 2.21. The predicted molar refractivity (Wildman–Crippen MR) is 39.8 cm³/mol. The molecule has 2 heteroatoms. The molecule has 1 unspecified atom stereocenters. The van der Waals surface area contributed by atoms with Crippen LogP contribution in [0, 0.1) is 5.92 Å². The molecule has 60 valence electrons. The predicted octanol–water partition coefficient (Wildman–Crippen LogP) is 1.18. The maximum Gasteiger partial charge on any atom is 0.113 e. The van der Waals surface area contributed by atoms with E-state index in [2.05, 4.69) is 0 Å². The van der Waals surface area contributed by atoms with Gasteiger partial charge in [-0.25, -0.2) is 0 Å². The molecule has 0 amide bonds. The van der Waals surface area contributed by atoms with E-state index in [1.54, 1.807) is 0 Å². The van der Waals surface area contributed by atoms with Crippen LogP contribution < -0.4 is 0 Å². The lowest BCUT2D eigenvalue weighted by molar-refractivity contribution is 0.0922. The lowest BCUT2D eigenvalue weighted by atomic mass is 9.98. The van der Waals surface area contributed by atoms with E-state index in [0.717, 1.165) is 0 Å². The molecule has 10 heavy (non-hydrogen) atoms. The molecule has 0 spiro atoms. The van der Waals surface area contributed by atoms with Crippen molar-refractivity contribution in [1.29, 1.82) is 0 Å². The number of aliphatic hydroxyl groups is 1. The molecule has 1 N–H and O–H groups in total. The summed E-state index contributed by atoms with van der Waals surface area (Å²) < 4.78 is 5.28. The molecule has 1 aliphatic heterocycles. The molecule has 2 atom stereocenters. The molecule has 0 bridgehead atoms. The first kappa shape index (κ1) is 8.02. The minimum absolute atomic E-state index is 0.0625. The van der Waals surface area contributed by atoms with Crippen molar-refractivity contribution >= 4 is 0 Å². The van der Waals surface area contributed by atoms with E-state index in [9.17, 15) is 5.11 Å². The number of rotatable bonds is 2. The summed E-state index contributed by atoms with van der Waals surface area (Å²) in [7, 11) is 0. The minimum atomic E-state index is -0.296.